The minimum atomic E-state index is 0.638. The zero-order valence-corrected chi connectivity index (χ0v) is 16.5. The van der Waals surface area contributed by atoms with Crippen LogP contribution in [0.4, 0.5) is 23.0 Å². The first-order valence-electron chi connectivity index (χ1n) is 9.56. The molecule has 2 heterocycles. The van der Waals surface area contributed by atoms with E-state index in [-0.39, 0.29) is 0 Å². The number of ether oxygens (including phenoxy) is 1. The first-order chi connectivity index (χ1) is 13.1. The average Bonchev–Trinajstić information content (AvgIpc) is 2.69. The molecular weight excluding hydrogens is 340 g/mol. The summed E-state index contributed by atoms with van der Waals surface area (Å²) < 4.78 is 5.24. The van der Waals surface area contributed by atoms with Crippen molar-refractivity contribution in [3.63, 3.8) is 0 Å². The summed E-state index contributed by atoms with van der Waals surface area (Å²) in [5, 5.41) is 3.34. The van der Waals surface area contributed by atoms with Gasteiger partial charge in [0.2, 0.25) is 0 Å². The number of nitrogens with zero attached hydrogens (tertiary/aromatic N) is 4. The minimum Gasteiger partial charge on any atom is -0.497 e. The van der Waals surface area contributed by atoms with E-state index in [0.717, 1.165) is 56.5 Å². The van der Waals surface area contributed by atoms with Crippen molar-refractivity contribution in [3.05, 3.63) is 30.6 Å². The molecule has 2 aromatic rings. The fourth-order valence-corrected chi connectivity index (χ4v) is 3.23. The first kappa shape index (κ1) is 19.1. The van der Waals surface area contributed by atoms with Crippen LogP contribution in [0.1, 0.15) is 20.3 Å². The van der Waals surface area contributed by atoms with Crippen molar-refractivity contribution in [2.24, 2.45) is 5.92 Å². The van der Waals surface area contributed by atoms with Gasteiger partial charge in [-0.3, -0.25) is 0 Å². The average molecular weight is 371 g/mol. The molecule has 1 aliphatic rings. The van der Waals surface area contributed by atoms with Gasteiger partial charge in [0.25, 0.3) is 0 Å². The van der Waals surface area contributed by atoms with Gasteiger partial charge in [0.1, 0.15) is 17.8 Å². The van der Waals surface area contributed by atoms with Crippen LogP contribution >= 0.6 is 0 Å². The molecular formula is C20H30N6O. The number of nitrogens with two attached hydrogens (primary N) is 1. The Balaban J connectivity index is 1.61. The zero-order chi connectivity index (χ0) is 19.2. The molecule has 7 nitrogen and oxygen atoms in total. The van der Waals surface area contributed by atoms with Crippen LogP contribution < -0.4 is 25.6 Å². The number of piperazine rings is 1. The summed E-state index contributed by atoms with van der Waals surface area (Å²) >= 11 is 0. The summed E-state index contributed by atoms with van der Waals surface area (Å²) in [6.07, 6.45) is 2.68. The Bertz CT molecular complexity index is 726. The van der Waals surface area contributed by atoms with Gasteiger partial charge in [-0.05, 0) is 36.6 Å². The Labute approximate surface area is 161 Å². The monoisotopic (exact) mass is 370 g/mol. The van der Waals surface area contributed by atoms with Crippen molar-refractivity contribution < 1.29 is 4.74 Å². The molecule has 1 aromatic heterocycles. The maximum atomic E-state index is 6.35. The normalized spacial score (nSPS) is 14.5. The van der Waals surface area contributed by atoms with Gasteiger partial charge in [-0.2, -0.15) is 0 Å². The largest absolute Gasteiger partial charge is 0.497 e. The third-order valence-electron chi connectivity index (χ3n) is 4.89. The molecule has 0 saturated carbocycles. The predicted octanol–water partition coefficient (Wildman–Crippen LogP) is 2.85. The van der Waals surface area contributed by atoms with Gasteiger partial charge < -0.3 is 25.6 Å². The highest BCUT2D eigenvalue weighted by atomic mass is 16.5. The minimum absolute atomic E-state index is 0.638. The van der Waals surface area contributed by atoms with E-state index in [2.05, 4.69) is 51.1 Å². The highest BCUT2D eigenvalue weighted by molar-refractivity contribution is 5.75. The van der Waals surface area contributed by atoms with E-state index in [1.54, 1.807) is 13.4 Å². The van der Waals surface area contributed by atoms with Gasteiger partial charge in [-0.25, -0.2) is 9.97 Å². The fourth-order valence-electron chi connectivity index (χ4n) is 3.23. The van der Waals surface area contributed by atoms with Crippen molar-refractivity contribution in [3.8, 4) is 5.75 Å². The molecule has 0 unspecified atom stereocenters. The van der Waals surface area contributed by atoms with E-state index in [4.69, 9.17) is 10.5 Å². The molecule has 0 atom stereocenters. The quantitative estimate of drug-likeness (QED) is 0.776. The smallest absolute Gasteiger partial charge is 0.157 e. The number of benzene rings is 1. The third-order valence-corrected chi connectivity index (χ3v) is 4.89. The number of rotatable bonds is 7. The van der Waals surface area contributed by atoms with Gasteiger partial charge in [-0.1, -0.05) is 13.8 Å². The lowest BCUT2D eigenvalue weighted by molar-refractivity contribution is 0.415. The fraction of sp³-hybridized carbons (Fsp3) is 0.500. The number of anilines is 4. The lowest BCUT2D eigenvalue weighted by Crippen LogP contribution is -2.47. The van der Waals surface area contributed by atoms with Crippen LogP contribution in [-0.4, -0.2) is 49.8 Å². The molecule has 146 valence electrons. The summed E-state index contributed by atoms with van der Waals surface area (Å²) in [5.74, 6) is 3.08. The second kappa shape index (κ2) is 8.79. The van der Waals surface area contributed by atoms with E-state index in [0.29, 0.717) is 11.6 Å². The lowest BCUT2D eigenvalue weighted by atomic mass is 10.1. The summed E-state index contributed by atoms with van der Waals surface area (Å²) in [6.45, 7) is 8.87. The molecule has 1 fully saturated rings. The van der Waals surface area contributed by atoms with Crippen molar-refractivity contribution >= 4 is 23.0 Å². The van der Waals surface area contributed by atoms with Gasteiger partial charge >= 0.3 is 0 Å². The van der Waals surface area contributed by atoms with Crippen LogP contribution in [-0.2, 0) is 0 Å². The highest BCUT2D eigenvalue weighted by Gasteiger charge is 2.21. The van der Waals surface area contributed by atoms with Crippen molar-refractivity contribution in [1.29, 1.82) is 0 Å². The molecule has 1 aliphatic heterocycles. The van der Waals surface area contributed by atoms with Crippen LogP contribution in [0.25, 0.3) is 0 Å². The second-order valence-corrected chi connectivity index (χ2v) is 7.24. The van der Waals surface area contributed by atoms with E-state index in [9.17, 15) is 0 Å². The van der Waals surface area contributed by atoms with Crippen LogP contribution in [0.5, 0.6) is 5.75 Å². The van der Waals surface area contributed by atoms with E-state index in [1.807, 2.05) is 12.1 Å². The van der Waals surface area contributed by atoms with Gasteiger partial charge in [-0.15, -0.1) is 0 Å². The van der Waals surface area contributed by atoms with E-state index in [1.165, 1.54) is 5.69 Å². The molecule has 1 aromatic carbocycles. The van der Waals surface area contributed by atoms with Crippen molar-refractivity contribution in [2.75, 3.05) is 60.7 Å². The van der Waals surface area contributed by atoms with E-state index < -0.39 is 0 Å². The molecule has 1 saturated heterocycles. The topological polar surface area (TPSA) is 79.5 Å². The Morgan fingerprint density at radius 2 is 1.74 bits per heavy atom. The van der Waals surface area contributed by atoms with Gasteiger partial charge in [0, 0.05) is 38.4 Å². The van der Waals surface area contributed by atoms with E-state index >= 15 is 0 Å². The van der Waals surface area contributed by atoms with Crippen LogP contribution in [0.3, 0.4) is 0 Å². The lowest BCUT2D eigenvalue weighted by Gasteiger charge is -2.37. The maximum Gasteiger partial charge on any atom is 0.157 e. The molecule has 27 heavy (non-hydrogen) atoms. The summed E-state index contributed by atoms with van der Waals surface area (Å²) in [5.41, 5.74) is 8.20. The van der Waals surface area contributed by atoms with Crippen molar-refractivity contribution in [2.45, 2.75) is 20.3 Å². The molecule has 0 bridgehead atoms. The molecule has 0 radical (unpaired) electrons. The Morgan fingerprint density at radius 1 is 1.07 bits per heavy atom. The summed E-state index contributed by atoms with van der Waals surface area (Å²) in [4.78, 5) is 13.4. The number of aromatic nitrogens is 2. The first-order valence-corrected chi connectivity index (χ1v) is 9.56. The Kier molecular flexibility index (Phi) is 6.21. The third kappa shape index (κ3) is 4.72. The van der Waals surface area contributed by atoms with Gasteiger partial charge in [0.15, 0.2) is 11.6 Å². The number of nitrogen functional groups attached to an aromatic ring is 1. The van der Waals surface area contributed by atoms with Gasteiger partial charge in [0.05, 0.1) is 7.11 Å². The molecule has 3 rings (SSSR count). The Hall–Kier alpha value is -2.70. The summed E-state index contributed by atoms with van der Waals surface area (Å²) in [7, 11) is 1.69. The number of methoxy groups -OCH3 is 1. The zero-order valence-electron chi connectivity index (χ0n) is 16.5. The molecule has 0 aliphatic carbocycles. The summed E-state index contributed by atoms with van der Waals surface area (Å²) in [6, 6.07) is 8.20. The number of hydrogen-bond acceptors (Lipinski definition) is 7. The molecule has 3 N–H and O–H groups in total. The van der Waals surface area contributed by atoms with Crippen molar-refractivity contribution in [1.82, 2.24) is 9.97 Å². The molecule has 0 amide bonds. The standard InChI is InChI=1S/C20H30N6O/c1-15(2)8-9-22-19-18(21)20(24-14-23-19)26-12-10-25(11-13-26)16-4-6-17(27-3)7-5-16/h4-7,14-15H,8-13,21H2,1-3H3,(H,22,23,24). The van der Waals surface area contributed by atoms with Crippen LogP contribution in [0.2, 0.25) is 0 Å². The molecule has 0 spiro atoms. The number of hydrogen-bond donors (Lipinski definition) is 2. The molecule has 7 heteroatoms. The van der Waals surface area contributed by atoms with Crippen LogP contribution in [0.15, 0.2) is 30.6 Å². The second-order valence-electron chi connectivity index (χ2n) is 7.24. The van der Waals surface area contributed by atoms with Crippen LogP contribution in [0, 0.1) is 5.92 Å². The SMILES string of the molecule is COc1ccc(N2CCN(c3ncnc(NCCC(C)C)c3N)CC2)cc1. The number of nitrogens with one attached hydrogen (secondary N) is 1. The predicted molar refractivity (Wildman–Crippen MR) is 112 cm³/mol. The maximum absolute atomic E-state index is 6.35. The highest BCUT2D eigenvalue weighted by Crippen LogP contribution is 2.28. The Morgan fingerprint density at radius 3 is 2.37 bits per heavy atom.